The second kappa shape index (κ2) is 5.43. The number of hydrogen-bond acceptors (Lipinski definition) is 2. The maximum atomic E-state index is 12.0. The second-order valence-corrected chi connectivity index (χ2v) is 7.31. The molecule has 0 unspecified atom stereocenters. The Hall–Kier alpha value is -0.830. The van der Waals surface area contributed by atoms with Gasteiger partial charge in [0.1, 0.15) is 0 Å². The Labute approximate surface area is 114 Å². The highest BCUT2D eigenvalue weighted by atomic mass is 32.1. The van der Waals surface area contributed by atoms with Crippen molar-refractivity contribution in [2.24, 2.45) is 11.3 Å². The van der Waals surface area contributed by atoms with E-state index in [0.29, 0.717) is 11.5 Å². The van der Waals surface area contributed by atoms with Gasteiger partial charge in [-0.2, -0.15) is 0 Å². The number of carbonyl (C=O) groups is 1. The van der Waals surface area contributed by atoms with E-state index in [0.717, 1.165) is 23.6 Å². The van der Waals surface area contributed by atoms with Gasteiger partial charge in [-0.05, 0) is 48.5 Å². The molecule has 0 radical (unpaired) electrons. The van der Waals surface area contributed by atoms with Crippen molar-refractivity contribution in [1.29, 1.82) is 0 Å². The fraction of sp³-hybridized carbons (Fsp3) is 0.667. The predicted molar refractivity (Wildman–Crippen MR) is 77.0 cm³/mol. The molecule has 1 amide bonds. The molecule has 1 heterocycles. The first-order valence-corrected chi connectivity index (χ1v) is 7.69. The summed E-state index contributed by atoms with van der Waals surface area (Å²) in [6.07, 6.45) is 4.72. The van der Waals surface area contributed by atoms with Crippen molar-refractivity contribution in [3.05, 3.63) is 22.4 Å². The van der Waals surface area contributed by atoms with Crippen LogP contribution in [0.1, 0.15) is 56.1 Å². The third-order valence-electron chi connectivity index (χ3n) is 4.03. The Morgan fingerprint density at radius 3 is 2.44 bits per heavy atom. The molecular weight excluding hydrogens is 242 g/mol. The molecule has 1 N–H and O–H groups in total. The van der Waals surface area contributed by atoms with Crippen LogP contribution in [0, 0.1) is 11.3 Å². The van der Waals surface area contributed by atoms with Crippen LogP contribution in [0.5, 0.6) is 0 Å². The van der Waals surface area contributed by atoms with Crippen molar-refractivity contribution in [3.63, 3.8) is 0 Å². The lowest BCUT2D eigenvalue weighted by Crippen LogP contribution is -2.39. The van der Waals surface area contributed by atoms with E-state index in [1.165, 1.54) is 24.2 Å². The number of amides is 1. The Morgan fingerprint density at radius 1 is 1.28 bits per heavy atom. The lowest BCUT2D eigenvalue weighted by molar-refractivity contribution is 0.0908. The van der Waals surface area contributed by atoms with Crippen LogP contribution in [0.3, 0.4) is 0 Å². The molecule has 2 nitrogen and oxygen atoms in total. The van der Waals surface area contributed by atoms with Crippen molar-refractivity contribution in [2.75, 3.05) is 0 Å². The average molecular weight is 265 g/mol. The van der Waals surface area contributed by atoms with Crippen molar-refractivity contribution < 1.29 is 4.79 Å². The Kier molecular flexibility index (Phi) is 4.10. The van der Waals surface area contributed by atoms with Crippen molar-refractivity contribution in [2.45, 2.75) is 52.5 Å². The van der Waals surface area contributed by atoms with Crippen LogP contribution >= 0.6 is 11.3 Å². The van der Waals surface area contributed by atoms with Gasteiger partial charge in [-0.3, -0.25) is 4.79 Å². The summed E-state index contributed by atoms with van der Waals surface area (Å²) >= 11 is 1.51. The van der Waals surface area contributed by atoms with Gasteiger partial charge in [0, 0.05) is 6.04 Å². The summed E-state index contributed by atoms with van der Waals surface area (Å²) in [5.41, 5.74) is 0.405. The number of carbonyl (C=O) groups excluding carboxylic acids is 1. The summed E-state index contributed by atoms with van der Waals surface area (Å²) in [6, 6.07) is 4.19. The van der Waals surface area contributed by atoms with Gasteiger partial charge < -0.3 is 5.32 Å². The fourth-order valence-corrected chi connectivity index (χ4v) is 3.39. The van der Waals surface area contributed by atoms with Gasteiger partial charge in [0.15, 0.2) is 0 Å². The van der Waals surface area contributed by atoms with Crippen LogP contribution in [0.15, 0.2) is 17.5 Å². The van der Waals surface area contributed by atoms with Gasteiger partial charge in [0.25, 0.3) is 5.91 Å². The molecule has 0 saturated heterocycles. The third-order valence-corrected chi connectivity index (χ3v) is 4.90. The average Bonchev–Trinajstić information content (AvgIpc) is 2.82. The van der Waals surface area contributed by atoms with E-state index >= 15 is 0 Å². The topological polar surface area (TPSA) is 29.1 Å². The number of rotatable bonds is 2. The molecule has 0 spiro atoms. The number of hydrogen-bond donors (Lipinski definition) is 1. The minimum atomic E-state index is 0.101. The van der Waals surface area contributed by atoms with Gasteiger partial charge in [-0.25, -0.2) is 0 Å². The van der Waals surface area contributed by atoms with E-state index < -0.39 is 0 Å². The molecule has 2 rings (SSSR count). The highest BCUT2D eigenvalue weighted by Crippen LogP contribution is 2.37. The van der Waals surface area contributed by atoms with E-state index in [-0.39, 0.29) is 5.91 Å². The summed E-state index contributed by atoms with van der Waals surface area (Å²) in [5.74, 6) is 0.900. The molecule has 1 aliphatic rings. The highest BCUT2D eigenvalue weighted by molar-refractivity contribution is 7.12. The van der Waals surface area contributed by atoms with Crippen LogP contribution in [-0.4, -0.2) is 11.9 Å². The van der Waals surface area contributed by atoms with E-state index in [9.17, 15) is 4.79 Å². The zero-order chi connectivity index (χ0) is 13.2. The maximum Gasteiger partial charge on any atom is 0.261 e. The first-order chi connectivity index (χ1) is 8.47. The quantitative estimate of drug-likeness (QED) is 0.857. The Balaban J connectivity index is 1.82. The molecule has 0 bridgehead atoms. The Bertz CT molecular complexity index is 383. The van der Waals surface area contributed by atoms with Crippen molar-refractivity contribution in [3.8, 4) is 0 Å². The van der Waals surface area contributed by atoms with Crippen molar-refractivity contribution >= 4 is 17.2 Å². The largest absolute Gasteiger partial charge is 0.349 e. The van der Waals surface area contributed by atoms with Crippen LogP contribution in [-0.2, 0) is 0 Å². The van der Waals surface area contributed by atoms with Crippen LogP contribution in [0.2, 0.25) is 0 Å². The minimum absolute atomic E-state index is 0.101. The molecule has 1 aliphatic carbocycles. The highest BCUT2D eigenvalue weighted by Gasteiger charge is 2.30. The summed E-state index contributed by atoms with van der Waals surface area (Å²) < 4.78 is 0. The number of thiophene rings is 1. The predicted octanol–water partition coefficient (Wildman–Crippen LogP) is 4.08. The molecule has 1 aromatic rings. The second-order valence-electron chi connectivity index (χ2n) is 6.37. The van der Waals surface area contributed by atoms with Crippen LogP contribution in [0.25, 0.3) is 0 Å². The fourth-order valence-electron chi connectivity index (χ4n) is 2.77. The first-order valence-electron chi connectivity index (χ1n) is 6.81. The molecule has 18 heavy (non-hydrogen) atoms. The van der Waals surface area contributed by atoms with E-state index in [1.807, 2.05) is 17.5 Å². The van der Waals surface area contributed by atoms with Crippen molar-refractivity contribution in [1.82, 2.24) is 5.32 Å². The zero-order valence-electron chi connectivity index (χ0n) is 11.5. The molecule has 0 atom stereocenters. The summed E-state index contributed by atoms with van der Waals surface area (Å²) in [7, 11) is 0. The molecule has 0 aliphatic heterocycles. The first kappa shape index (κ1) is 13.6. The Morgan fingerprint density at radius 2 is 1.94 bits per heavy atom. The molecule has 3 heteroatoms. The minimum Gasteiger partial charge on any atom is -0.349 e. The van der Waals surface area contributed by atoms with Crippen LogP contribution in [0.4, 0.5) is 0 Å². The molecule has 1 saturated carbocycles. The third kappa shape index (κ3) is 3.35. The molecular formula is C15H23NOS. The summed E-state index contributed by atoms with van der Waals surface area (Å²) in [4.78, 5) is 12.8. The SMILES string of the molecule is CC(C)(C)C1CCC(NC(=O)c2cccs2)CC1. The monoisotopic (exact) mass is 265 g/mol. The van der Waals surface area contributed by atoms with E-state index in [4.69, 9.17) is 0 Å². The summed E-state index contributed by atoms with van der Waals surface area (Å²) in [6.45, 7) is 6.96. The van der Waals surface area contributed by atoms with Gasteiger partial charge in [-0.1, -0.05) is 26.8 Å². The van der Waals surface area contributed by atoms with Crippen LogP contribution < -0.4 is 5.32 Å². The standard InChI is InChI=1S/C15H23NOS/c1-15(2,3)11-6-8-12(9-7-11)16-14(17)13-5-4-10-18-13/h4-5,10-12H,6-9H2,1-3H3,(H,16,17). The summed E-state index contributed by atoms with van der Waals surface area (Å²) in [5, 5.41) is 5.11. The van der Waals surface area contributed by atoms with Gasteiger partial charge >= 0.3 is 0 Å². The van der Waals surface area contributed by atoms with E-state index in [2.05, 4.69) is 26.1 Å². The van der Waals surface area contributed by atoms with E-state index in [1.54, 1.807) is 0 Å². The molecule has 1 fully saturated rings. The molecule has 100 valence electrons. The smallest absolute Gasteiger partial charge is 0.261 e. The van der Waals surface area contributed by atoms with Gasteiger partial charge in [0.2, 0.25) is 0 Å². The van der Waals surface area contributed by atoms with Gasteiger partial charge in [0.05, 0.1) is 4.88 Å². The molecule has 1 aromatic heterocycles. The normalized spacial score (nSPS) is 24.8. The lowest BCUT2D eigenvalue weighted by Gasteiger charge is -2.37. The van der Waals surface area contributed by atoms with Gasteiger partial charge in [-0.15, -0.1) is 11.3 Å². The lowest BCUT2D eigenvalue weighted by atomic mass is 9.71. The molecule has 0 aromatic carbocycles. The number of nitrogens with one attached hydrogen (secondary N) is 1. The maximum absolute atomic E-state index is 12.0. The zero-order valence-corrected chi connectivity index (χ0v) is 12.3.